The van der Waals surface area contributed by atoms with Crippen LogP contribution in [-0.2, 0) is 22.6 Å². The zero-order valence-electron chi connectivity index (χ0n) is 18.3. The lowest BCUT2D eigenvalue weighted by Gasteiger charge is -2.31. The Morgan fingerprint density at radius 3 is 2.31 bits per heavy atom. The summed E-state index contributed by atoms with van der Waals surface area (Å²) in [5.74, 6) is -0.567. The van der Waals surface area contributed by atoms with Gasteiger partial charge < -0.3 is 15.0 Å². The van der Waals surface area contributed by atoms with Crippen molar-refractivity contribution in [2.45, 2.75) is 25.9 Å². The minimum absolute atomic E-state index is 0.0481. The van der Waals surface area contributed by atoms with Crippen molar-refractivity contribution in [3.63, 3.8) is 0 Å². The summed E-state index contributed by atoms with van der Waals surface area (Å²) in [7, 11) is 1.52. The predicted molar refractivity (Wildman–Crippen MR) is 122 cm³/mol. The van der Waals surface area contributed by atoms with Crippen molar-refractivity contribution in [3.8, 4) is 5.75 Å². The molecule has 0 aliphatic rings. The molecular weight excluding hydrogens is 407 g/mol. The van der Waals surface area contributed by atoms with Gasteiger partial charge in [0.15, 0.2) is 6.61 Å². The molecule has 5 nitrogen and oxygen atoms in total. The Morgan fingerprint density at radius 1 is 0.969 bits per heavy atom. The lowest BCUT2D eigenvalue weighted by Crippen LogP contribution is -2.51. The molecule has 1 atom stereocenters. The average molecular weight is 435 g/mol. The van der Waals surface area contributed by atoms with E-state index in [0.717, 1.165) is 11.1 Å². The standard InChI is InChI=1S/C26H27FN2O3/c1-19-10-6-9-15-24(19)32-18-25(30)29(17-21-13-7-8-14-22(21)27)23(26(31)28-2)16-20-11-4-3-5-12-20/h3-15,23H,16-18H2,1-2H3,(H,28,31)/t23-/m0/s1. The molecule has 0 aliphatic heterocycles. The number of halogens is 1. The molecule has 2 amide bonds. The Hall–Kier alpha value is -3.67. The van der Waals surface area contributed by atoms with Gasteiger partial charge in [-0.1, -0.05) is 66.7 Å². The molecule has 0 fully saturated rings. The van der Waals surface area contributed by atoms with E-state index in [-0.39, 0.29) is 19.1 Å². The van der Waals surface area contributed by atoms with Crippen LogP contribution < -0.4 is 10.1 Å². The minimum Gasteiger partial charge on any atom is -0.484 e. The van der Waals surface area contributed by atoms with Gasteiger partial charge in [-0.15, -0.1) is 0 Å². The second-order valence-electron chi connectivity index (χ2n) is 7.49. The molecule has 0 aliphatic carbocycles. The second kappa shape index (κ2) is 11.1. The number of hydrogen-bond donors (Lipinski definition) is 1. The Kier molecular flexibility index (Phi) is 7.97. The molecule has 0 bridgehead atoms. The summed E-state index contributed by atoms with van der Waals surface area (Å²) >= 11 is 0. The van der Waals surface area contributed by atoms with Crippen LogP contribution in [0.2, 0.25) is 0 Å². The van der Waals surface area contributed by atoms with E-state index < -0.39 is 17.8 Å². The van der Waals surface area contributed by atoms with Gasteiger partial charge in [-0.05, 0) is 30.2 Å². The van der Waals surface area contributed by atoms with Crippen molar-refractivity contribution < 1.29 is 18.7 Å². The number of nitrogens with zero attached hydrogens (tertiary/aromatic N) is 1. The first-order valence-electron chi connectivity index (χ1n) is 10.5. The summed E-state index contributed by atoms with van der Waals surface area (Å²) < 4.78 is 20.2. The third kappa shape index (κ3) is 5.94. The quantitative estimate of drug-likeness (QED) is 0.556. The third-order valence-electron chi connectivity index (χ3n) is 5.26. The number of nitrogens with one attached hydrogen (secondary N) is 1. The average Bonchev–Trinajstić information content (AvgIpc) is 2.82. The highest BCUT2D eigenvalue weighted by Gasteiger charge is 2.30. The van der Waals surface area contributed by atoms with E-state index in [4.69, 9.17) is 4.74 Å². The molecule has 166 valence electrons. The first-order valence-corrected chi connectivity index (χ1v) is 10.5. The topological polar surface area (TPSA) is 58.6 Å². The third-order valence-corrected chi connectivity index (χ3v) is 5.26. The fourth-order valence-corrected chi connectivity index (χ4v) is 3.47. The highest BCUT2D eigenvalue weighted by molar-refractivity contribution is 5.88. The highest BCUT2D eigenvalue weighted by Crippen LogP contribution is 2.19. The van der Waals surface area contributed by atoms with Gasteiger partial charge in [0, 0.05) is 25.6 Å². The number of aryl methyl sites for hydroxylation is 1. The smallest absolute Gasteiger partial charge is 0.261 e. The number of benzene rings is 3. The monoisotopic (exact) mass is 434 g/mol. The van der Waals surface area contributed by atoms with Gasteiger partial charge in [-0.25, -0.2) is 4.39 Å². The zero-order chi connectivity index (χ0) is 22.9. The van der Waals surface area contributed by atoms with Crippen LogP contribution >= 0.6 is 0 Å². The van der Waals surface area contributed by atoms with Crippen molar-refractivity contribution in [2.24, 2.45) is 0 Å². The molecule has 3 rings (SSSR count). The van der Waals surface area contributed by atoms with Gasteiger partial charge >= 0.3 is 0 Å². The van der Waals surface area contributed by atoms with Crippen LogP contribution in [0.1, 0.15) is 16.7 Å². The van der Waals surface area contributed by atoms with Gasteiger partial charge in [-0.2, -0.15) is 0 Å². The number of para-hydroxylation sites is 1. The van der Waals surface area contributed by atoms with E-state index in [1.54, 1.807) is 24.3 Å². The number of ether oxygens (including phenoxy) is 1. The van der Waals surface area contributed by atoms with E-state index in [1.807, 2.05) is 55.5 Å². The van der Waals surface area contributed by atoms with Crippen LogP contribution in [0.3, 0.4) is 0 Å². The highest BCUT2D eigenvalue weighted by atomic mass is 19.1. The van der Waals surface area contributed by atoms with Crippen molar-refractivity contribution in [3.05, 3.63) is 101 Å². The van der Waals surface area contributed by atoms with Crippen molar-refractivity contribution in [1.82, 2.24) is 10.2 Å². The van der Waals surface area contributed by atoms with Crippen LogP contribution in [0.25, 0.3) is 0 Å². The maximum Gasteiger partial charge on any atom is 0.261 e. The van der Waals surface area contributed by atoms with Crippen molar-refractivity contribution in [1.29, 1.82) is 0 Å². The largest absolute Gasteiger partial charge is 0.484 e. The van der Waals surface area contributed by atoms with E-state index in [9.17, 15) is 14.0 Å². The van der Waals surface area contributed by atoms with Gasteiger partial charge in [0.1, 0.15) is 17.6 Å². The molecule has 3 aromatic rings. The SMILES string of the molecule is CNC(=O)[C@H](Cc1ccccc1)N(Cc1ccccc1F)C(=O)COc1ccccc1C. The van der Waals surface area contributed by atoms with Gasteiger partial charge in [0.2, 0.25) is 5.91 Å². The summed E-state index contributed by atoms with van der Waals surface area (Å²) in [4.78, 5) is 27.5. The fraction of sp³-hybridized carbons (Fsp3) is 0.231. The predicted octanol–water partition coefficient (Wildman–Crippen LogP) is 3.90. The summed E-state index contributed by atoms with van der Waals surface area (Å²) in [6.45, 7) is 1.58. The van der Waals surface area contributed by atoms with Crippen LogP contribution in [0.15, 0.2) is 78.9 Å². The van der Waals surface area contributed by atoms with E-state index in [2.05, 4.69) is 5.32 Å². The molecule has 0 saturated heterocycles. The summed E-state index contributed by atoms with van der Waals surface area (Å²) in [5, 5.41) is 2.64. The van der Waals surface area contributed by atoms with Crippen molar-refractivity contribution >= 4 is 11.8 Å². The Bertz CT molecular complexity index is 1060. The summed E-state index contributed by atoms with van der Waals surface area (Å²) in [5.41, 5.74) is 2.12. The number of likely N-dealkylation sites (N-methyl/N-ethyl adjacent to an activating group) is 1. The minimum atomic E-state index is -0.824. The Labute approximate surface area is 187 Å². The Morgan fingerprint density at radius 2 is 1.62 bits per heavy atom. The molecule has 3 aromatic carbocycles. The fourth-order valence-electron chi connectivity index (χ4n) is 3.47. The maximum absolute atomic E-state index is 14.4. The Balaban J connectivity index is 1.89. The first-order chi connectivity index (χ1) is 15.5. The lowest BCUT2D eigenvalue weighted by atomic mass is 10.0. The van der Waals surface area contributed by atoms with Crippen LogP contribution in [0.4, 0.5) is 4.39 Å². The number of rotatable bonds is 9. The number of carbonyl (C=O) groups excluding carboxylic acids is 2. The zero-order valence-corrected chi connectivity index (χ0v) is 18.3. The van der Waals surface area contributed by atoms with Crippen LogP contribution in [0, 0.1) is 12.7 Å². The molecule has 0 unspecified atom stereocenters. The summed E-state index contributed by atoms with van der Waals surface area (Å²) in [6, 6.07) is 22.2. The molecule has 32 heavy (non-hydrogen) atoms. The number of carbonyl (C=O) groups is 2. The summed E-state index contributed by atoms with van der Waals surface area (Å²) in [6.07, 6.45) is 0.297. The number of amides is 2. The van der Waals surface area contributed by atoms with E-state index in [0.29, 0.717) is 17.7 Å². The second-order valence-corrected chi connectivity index (χ2v) is 7.49. The van der Waals surface area contributed by atoms with Crippen LogP contribution in [0.5, 0.6) is 5.75 Å². The molecule has 1 N–H and O–H groups in total. The molecule has 0 saturated carbocycles. The van der Waals surface area contributed by atoms with Gasteiger partial charge in [-0.3, -0.25) is 9.59 Å². The van der Waals surface area contributed by atoms with E-state index >= 15 is 0 Å². The van der Waals surface area contributed by atoms with Crippen molar-refractivity contribution in [2.75, 3.05) is 13.7 Å². The maximum atomic E-state index is 14.4. The molecular formula is C26H27FN2O3. The molecule has 0 radical (unpaired) electrons. The molecule has 0 heterocycles. The first kappa shape index (κ1) is 23.0. The molecule has 0 aromatic heterocycles. The molecule has 0 spiro atoms. The molecule has 6 heteroatoms. The van der Waals surface area contributed by atoms with Crippen LogP contribution in [-0.4, -0.2) is 36.4 Å². The number of hydrogen-bond acceptors (Lipinski definition) is 3. The van der Waals surface area contributed by atoms with E-state index in [1.165, 1.54) is 18.0 Å². The van der Waals surface area contributed by atoms with Gasteiger partial charge in [0.05, 0.1) is 0 Å². The normalized spacial score (nSPS) is 11.5. The van der Waals surface area contributed by atoms with Gasteiger partial charge in [0.25, 0.3) is 5.91 Å². The lowest BCUT2D eigenvalue weighted by molar-refractivity contribution is -0.142.